The van der Waals surface area contributed by atoms with Crippen LogP contribution in [0.3, 0.4) is 0 Å². The number of halogens is 1. The van der Waals surface area contributed by atoms with Crippen molar-refractivity contribution in [1.29, 1.82) is 0 Å². The molecule has 0 saturated carbocycles. The molecule has 1 amide bonds. The van der Waals surface area contributed by atoms with Crippen LogP contribution in [0.25, 0.3) is 5.69 Å². The summed E-state index contributed by atoms with van der Waals surface area (Å²) in [4.78, 5) is 26.7. The number of likely N-dealkylation sites (tertiary alicyclic amines) is 1. The molecule has 8 nitrogen and oxygen atoms in total. The van der Waals surface area contributed by atoms with Gasteiger partial charge in [0.05, 0.1) is 37.9 Å². The molecular weight excluding hydrogens is 496 g/mol. The van der Waals surface area contributed by atoms with E-state index >= 15 is 0 Å². The molecule has 2 aliphatic rings. The van der Waals surface area contributed by atoms with Crippen molar-refractivity contribution in [2.75, 3.05) is 27.3 Å². The number of fused-ring (bicyclic) bond motifs is 3. The third-order valence-corrected chi connectivity index (χ3v) is 7.38. The Hall–Kier alpha value is -3.49. The zero-order valence-corrected chi connectivity index (χ0v) is 21.5. The lowest BCUT2D eigenvalue weighted by molar-refractivity contribution is -0.146. The Labute approximate surface area is 220 Å². The number of carboxylic acid groups (broad SMARTS) is 1. The minimum absolute atomic E-state index is 0.0703. The van der Waals surface area contributed by atoms with Gasteiger partial charge in [-0.2, -0.15) is 0 Å². The van der Waals surface area contributed by atoms with E-state index in [0.29, 0.717) is 35.9 Å². The molecule has 37 heavy (non-hydrogen) atoms. The largest absolute Gasteiger partial charge is 0.493 e. The van der Waals surface area contributed by atoms with Gasteiger partial charge < -0.3 is 28.8 Å². The summed E-state index contributed by atoms with van der Waals surface area (Å²) in [5.41, 5.74) is 3.29. The van der Waals surface area contributed by atoms with Gasteiger partial charge in [-0.15, -0.1) is 0 Å². The Kier molecular flexibility index (Phi) is 7.13. The Morgan fingerprint density at radius 2 is 1.95 bits per heavy atom. The van der Waals surface area contributed by atoms with E-state index in [2.05, 4.69) is 0 Å². The summed E-state index contributed by atoms with van der Waals surface area (Å²) in [7, 11) is 3.16. The molecule has 0 aliphatic carbocycles. The van der Waals surface area contributed by atoms with Gasteiger partial charge in [-0.3, -0.25) is 9.59 Å². The first kappa shape index (κ1) is 25.2. The lowest BCUT2D eigenvalue weighted by Gasteiger charge is -2.32. The van der Waals surface area contributed by atoms with Crippen LogP contribution in [0.4, 0.5) is 0 Å². The lowest BCUT2D eigenvalue weighted by Crippen LogP contribution is -2.42. The van der Waals surface area contributed by atoms with Crippen LogP contribution in [0.5, 0.6) is 11.5 Å². The Balaban J connectivity index is 1.56. The highest BCUT2D eigenvalue weighted by Gasteiger charge is 2.36. The van der Waals surface area contributed by atoms with Crippen LogP contribution in [-0.4, -0.2) is 53.8 Å². The zero-order chi connectivity index (χ0) is 26.1. The molecule has 0 unspecified atom stereocenters. The van der Waals surface area contributed by atoms with Gasteiger partial charge in [-0.05, 0) is 49.2 Å². The van der Waals surface area contributed by atoms with E-state index in [9.17, 15) is 14.7 Å². The molecule has 3 heterocycles. The smallest absolute Gasteiger partial charge is 0.308 e. The number of carboxylic acids is 1. The molecular formula is C28H29ClN2O6. The number of piperidine rings is 1. The number of hydrogen-bond acceptors (Lipinski definition) is 5. The third-order valence-electron chi connectivity index (χ3n) is 7.14. The number of methoxy groups -OCH3 is 2. The second kappa shape index (κ2) is 10.5. The molecule has 1 saturated heterocycles. The number of hydrogen-bond donors (Lipinski definition) is 1. The van der Waals surface area contributed by atoms with E-state index in [0.717, 1.165) is 22.5 Å². The molecule has 9 heteroatoms. The number of amides is 1. The summed E-state index contributed by atoms with van der Waals surface area (Å²) in [6.45, 7) is 0.754. The minimum Gasteiger partial charge on any atom is -0.493 e. The van der Waals surface area contributed by atoms with Crippen LogP contribution in [0, 0.1) is 5.92 Å². The van der Waals surface area contributed by atoms with Gasteiger partial charge in [-0.1, -0.05) is 23.7 Å². The number of para-hydroxylation sites is 1. The topological polar surface area (TPSA) is 90.2 Å². The number of ether oxygens (including phenoxy) is 3. The van der Waals surface area contributed by atoms with E-state index in [1.54, 1.807) is 19.1 Å². The molecule has 3 atom stereocenters. The molecule has 2 aliphatic heterocycles. The zero-order valence-electron chi connectivity index (χ0n) is 20.7. The molecule has 0 spiro atoms. The van der Waals surface area contributed by atoms with Crippen molar-refractivity contribution in [1.82, 2.24) is 9.47 Å². The average Bonchev–Trinajstić information content (AvgIpc) is 3.36. The van der Waals surface area contributed by atoms with Crippen LogP contribution < -0.4 is 9.47 Å². The van der Waals surface area contributed by atoms with Crippen molar-refractivity contribution in [3.63, 3.8) is 0 Å². The van der Waals surface area contributed by atoms with E-state index < -0.39 is 24.1 Å². The van der Waals surface area contributed by atoms with Crippen molar-refractivity contribution in [2.45, 2.75) is 31.5 Å². The molecule has 1 fully saturated rings. The number of carbonyl (C=O) groups excluding carboxylic acids is 1. The first-order valence-corrected chi connectivity index (χ1v) is 12.6. The standard InChI is InChI=1S/C28H29ClN2O6/c1-35-23-9-3-7-19(27(23)36-2)26-20-14-18(29)10-11-21(20)31-13-5-8-22(31)24(37-26)15-25(32)30-12-4-6-17(16-30)28(33)34/h3,5,7-11,13-14,17,24,26H,4,6,12,15-16H2,1-2H3,(H,33,34)/t17-,24-,26-/m0/s1. The number of nitrogens with zero attached hydrogens (tertiary/aromatic N) is 2. The van der Waals surface area contributed by atoms with Gasteiger partial charge in [-0.25, -0.2) is 0 Å². The van der Waals surface area contributed by atoms with Crippen LogP contribution in [0.15, 0.2) is 54.7 Å². The maximum Gasteiger partial charge on any atom is 0.308 e. The maximum atomic E-state index is 13.5. The summed E-state index contributed by atoms with van der Waals surface area (Å²) in [6.07, 6.45) is 2.05. The number of aliphatic carboxylic acids is 1. The predicted molar refractivity (Wildman–Crippen MR) is 138 cm³/mol. The maximum absolute atomic E-state index is 13.5. The van der Waals surface area contributed by atoms with E-state index in [-0.39, 0.29) is 18.9 Å². The predicted octanol–water partition coefficient (Wildman–Crippen LogP) is 5.02. The molecule has 2 aromatic carbocycles. The fraction of sp³-hybridized carbons (Fsp3) is 0.357. The SMILES string of the molecule is COc1cccc([C@@H]2O[C@@H](CC(=O)N3CCC[C@H](C(=O)O)C3)c3cccn3-c3ccc(Cl)cc32)c1OC. The van der Waals surface area contributed by atoms with Crippen molar-refractivity contribution < 1.29 is 28.9 Å². The van der Waals surface area contributed by atoms with Crippen molar-refractivity contribution >= 4 is 23.5 Å². The highest BCUT2D eigenvalue weighted by Crippen LogP contribution is 2.46. The molecule has 1 N–H and O–H groups in total. The van der Waals surface area contributed by atoms with Gasteiger partial charge in [0.1, 0.15) is 12.2 Å². The third kappa shape index (κ3) is 4.79. The molecule has 1 aromatic heterocycles. The highest BCUT2D eigenvalue weighted by atomic mass is 35.5. The minimum atomic E-state index is -0.866. The quantitative estimate of drug-likeness (QED) is 0.487. The van der Waals surface area contributed by atoms with Gasteiger partial charge in [0, 0.05) is 35.4 Å². The van der Waals surface area contributed by atoms with Crippen molar-refractivity contribution in [2.24, 2.45) is 5.92 Å². The normalized spacial score (nSPS) is 20.9. The van der Waals surface area contributed by atoms with Crippen molar-refractivity contribution in [3.05, 3.63) is 76.6 Å². The molecule has 3 aromatic rings. The monoisotopic (exact) mass is 524 g/mol. The molecule has 0 bridgehead atoms. The van der Waals surface area contributed by atoms with Gasteiger partial charge in [0.2, 0.25) is 5.91 Å². The number of aromatic nitrogens is 1. The summed E-state index contributed by atoms with van der Waals surface area (Å²) in [6, 6.07) is 15.1. The molecule has 0 radical (unpaired) electrons. The Bertz CT molecular complexity index is 1320. The van der Waals surface area contributed by atoms with Crippen LogP contribution in [0.2, 0.25) is 5.02 Å². The molecule has 5 rings (SSSR count). The highest BCUT2D eigenvalue weighted by molar-refractivity contribution is 6.30. The number of rotatable bonds is 6. The summed E-state index contributed by atoms with van der Waals surface area (Å²) in [5, 5.41) is 10.0. The van der Waals surface area contributed by atoms with Crippen LogP contribution >= 0.6 is 11.6 Å². The van der Waals surface area contributed by atoms with E-state index in [4.69, 9.17) is 25.8 Å². The van der Waals surface area contributed by atoms with Gasteiger partial charge >= 0.3 is 5.97 Å². The van der Waals surface area contributed by atoms with E-state index in [1.807, 2.05) is 59.3 Å². The lowest BCUT2D eigenvalue weighted by atomic mass is 9.97. The fourth-order valence-corrected chi connectivity index (χ4v) is 5.52. The number of carbonyl (C=O) groups is 2. The summed E-state index contributed by atoms with van der Waals surface area (Å²) >= 11 is 6.45. The number of benzene rings is 2. The Morgan fingerprint density at radius 1 is 1.11 bits per heavy atom. The van der Waals surface area contributed by atoms with Gasteiger partial charge in [0.15, 0.2) is 11.5 Å². The second-order valence-electron chi connectivity index (χ2n) is 9.31. The first-order chi connectivity index (χ1) is 17.9. The first-order valence-electron chi connectivity index (χ1n) is 12.2. The van der Waals surface area contributed by atoms with Gasteiger partial charge in [0.25, 0.3) is 0 Å². The average molecular weight is 525 g/mol. The summed E-state index contributed by atoms with van der Waals surface area (Å²) in [5.74, 6) is -0.440. The second-order valence-corrected chi connectivity index (χ2v) is 9.75. The summed E-state index contributed by atoms with van der Waals surface area (Å²) < 4.78 is 20.1. The van der Waals surface area contributed by atoms with Crippen LogP contribution in [-0.2, 0) is 14.3 Å². The molecule has 194 valence electrons. The Morgan fingerprint density at radius 3 is 2.70 bits per heavy atom. The van der Waals surface area contributed by atoms with Crippen LogP contribution in [0.1, 0.15) is 48.3 Å². The van der Waals surface area contributed by atoms with E-state index in [1.165, 1.54) is 0 Å². The van der Waals surface area contributed by atoms with Crippen molar-refractivity contribution in [3.8, 4) is 17.2 Å². The fourth-order valence-electron chi connectivity index (χ4n) is 5.34.